The number of benzene rings is 3. The summed E-state index contributed by atoms with van der Waals surface area (Å²) in [7, 11) is -3.68. The van der Waals surface area contributed by atoms with Gasteiger partial charge in [-0.15, -0.1) is 0 Å². The molecular formula is C24H23BrN2O3S. The van der Waals surface area contributed by atoms with Crippen molar-refractivity contribution < 1.29 is 13.2 Å². The first-order valence-corrected chi connectivity index (χ1v) is 12.4. The Morgan fingerprint density at radius 1 is 0.935 bits per heavy atom. The minimum absolute atomic E-state index is 0.157. The molecule has 4 rings (SSSR count). The minimum atomic E-state index is -3.68. The summed E-state index contributed by atoms with van der Waals surface area (Å²) in [5.74, 6) is -0.565. The zero-order chi connectivity index (χ0) is 21.8. The molecule has 1 atom stereocenters. The Morgan fingerprint density at radius 2 is 1.61 bits per heavy atom. The Labute approximate surface area is 191 Å². The third kappa shape index (κ3) is 4.74. The molecule has 31 heavy (non-hydrogen) atoms. The maximum atomic E-state index is 13.1. The van der Waals surface area contributed by atoms with Gasteiger partial charge in [0.1, 0.15) is 0 Å². The molecule has 1 amide bonds. The first-order valence-electron chi connectivity index (χ1n) is 10.2. The van der Waals surface area contributed by atoms with E-state index >= 15 is 0 Å². The number of nitrogens with zero attached hydrogens (tertiary/aromatic N) is 1. The summed E-state index contributed by atoms with van der Waals surface area (Å²) in [5, 5.41) is 3.03. The lowest BCUT2D eigenvalue weighted by molar-refractivity contribution is -0.120. The summed E-state index contributed by atoms with van der Waals surface area (Å²) in [6.07, 6.45) is 1.30. The molecule has 1 fully saturated rings. The Hall–Kier alpha value is -2.48. The third-order valence-electron chi connectivity index (χ3n) is 5.48. The summed E-state index contributed by atoms with van der Waals surface area (Å²) in [4.78, 5) is 13.3. The highest BCUT2D eigenvalue weighted by atomic mass is 79.9. The first kappa shape index (κ1) is 21.7. The van der Waals surface area contributed by atoms with Gasteiger partial charge in [0, 0.05) is 28.8 Å². The van der Waals surface area contributed by atoms with E-state index in [1.807, 2.05) is 54.6 Å². The summed E-state index contributed by atoms with van der Waals surface area (Å²) < 4.78 is 28.2. The van der Waals surface area contributed by atoms with Crippen LogP contribution in [0.4, 0.5) is 5.69 Å². The van der Waals surface area contributed by atoms with Gasteiger partial charge in [-0.1, -0.05) is 60.7 Å². The van der Waals surface area contributed by atoms with E-state index < -0.39 is 15.9 Å². The van der Waals surface area contributed by atoms with E-state index in [1.165, 1.54) is 4.31 Å². The lowest BCUT2D eigenvalue weighted by Crippen LogP contribution is -2.43. The molecule has 3 aromatic carbocycles. The number of carbonyl (C=O) groups excluding carboxylic acids is 1. The smallest absolute Gasteiger partial charge is 0.244 e. The quantitative estimate of drug-likeness (QED) is 0.528. The van der Waals surface area contributed by atoms with Crippen molar-refractivity contribution in [1.29, 1.82) is 0 Å². The lowest BCUT2D eigenvalue weighted by Gasteiger charge is -2.31. The predicted molar refractivity (Wildman–Crippen MR) is 126 cm³/mol. The van der Waals surface area contributed by atoms with Gasteiger partial charge in [0.15, 0.2) is 0 Å². The van der Waals surface area contributed by atoms with Crippen molar-refractivity contribution in [3.05, 3.63) is 83.3 Å². The topological polar surface area (TPSA) is 66.5 Å². The SMILES string of the molecule is O=C(Nc1ccccc1-c1ccccc1)[C@H]1CCCN(S(=O)(=O)c2ccccc2Br)C1. The Kier molecular flexibility index (Phi) is 6.55. The van der Waals surface area contributed by atoms with Crippen molar-refractivity contribution in [3.63, 3.8) is 0 Å². The predicted octanol–water partition coefficient (Wildman–Crippen LogP) is 5.16. The van der Waals surface area contributed by atoms with Crippen LogP contribution in [-0.2, 0) is 14.8 Å². The standard InChI is InChI=1S/C24H23BrN2O3S/c25-21-13-5-7-15-23(21)31(29,30)27-16-8-11-19(17-27)24(28)26-22-14-6-4-12-20(22)18-9-2-1-3-10-18/h1-7,9-10,12-15,19H,8,11,16-17H2,(H,26,28)/t19-/m0/s1. The second kappa shape index (κ2) is 9.34. The Balaban J connectivity index is 1.53. The number of para-hydroxylation sites is 1. The highest BCUT2D eigenvalue weighted by molar-refractivity contribution is 9.10. The zero-order valence-electron chi connectivity index (χ0n) is 16.9. The zero-order valence-corrected chi connectivity index (χ0v) is 19.3. The van der Waals surface area contributed by atoms with Crippen LogP contribution in [0.1, 0.15) is 12.8 Å². The summed E-state index contributed by atoms with van der Waals surface area (Å²) in [6.45, 7) is 0.580. The minimum Gasteiger partial charge on any atom is -0.325 e. The van der Waals surface area contributed by atoms with Crippen LogP contribution in [0.3, 0.4) is 0 Å². The van der Waals surface area contributed by atoms with E-state index in [-0.39, 0.29) is 17.3 Å². The van der Waals surface area contributed by atoms with Crippen molar-refractivity contribution in [1.82, 2.24) is 4.31 Å². The highest BCUT2D eigenvalue weighted by Crippen LogP contribution is 2.31. The molecule has 0 unspecified atom stereocenters. The van der Waals surface area contributed by atoms with Crippen molar-refractivity contribution >= 4 is 37.5 Å². The average Bonchev–Trinajstić information content (AvgIpc) is 2.80. The molecule has 1 N–H and O–H groups in total. The lowest BCUT2D eigenvalue weighted by atomic mass is 9.98. The largest absolute Gasteiger partial charge is 0.325 e. The van der Waals surface area contributed by atoms with Crippen LogP contribution in [0.5, 0.6) is 0 Å². The normalized spacial score (nSPS) is 17.3. The molecule has 160 valence electrons. The van der Waals surface area contributed by atoms with Crippen LogP contribution in [0.15, 0.2) is 88.2 Å². The number of nitrogens with one attached hydrogen (secondary N) is 1. The van der Waals surface area contributed by atoms with E-state index in [1.54, 1.807) is 24.3 Å². The maximum absolute atomic E-state index is 13.1. The van der Waals surface area contributed by atoms with Gasteiger partial charge in [0.05, 0.1) is 10.8 Å². The number of amides is 1. The van der Waals surface area contributed by atoms with Crippen molar-refractivity contribution in [2.75, 3.05) is 18.4 Å². The second-order valence-electron chi connectivity index (χ2n) is 7.53. The van der Waals surface area contributed by atoms with E-state index in [2.05, 4.69) is 21.2 Å². The van der Waals surface area contributed by atoms with Crippen LogP contribution in [0, 0.1) is 5.92 Å². The van der Waals surface area contributed by atoms with Crippen LogP contribution in [0.25, 0.3) is 11.1 Å². The fourth-order valence-corrected chi connectivity index (χ4v) is 6.35. The van der Waals surface area contributed by atoms with Gasteiger partial charge in [-0.05, 0) is 52.5 Å². The number of halogens is 1. The Bertz CT molecular complexity index is 1180. The molecule has 0 saturated carbocycles. The number of piperidine rings is 1. The summed E-state index contributed by atoms with van der Waals surface area (Å²) in [6, 6.07) is 24.3. The molecule has 1 saturated heterocycles. The van der Waals surface area contributed by atoms with Gasteiger partial charge in [-0.2, -0.15) is 4.31 Å². The van der Waals surface area contributed by atoms with E-state index in [9.17, 15) is 13.2 Å². The Morgan fingerprint density at radius 3 is 2.39 bits per heavy atom. The van der Waals surface area contributed by atoms with Gasteiger partial charge in [0.2, 0.25) is 15.9 Å². The van der Waals surface area contributed by atoms with Crippen LogP contribution < -0.4 is 5.32 Å². The number of hydrogen-bond acceptors (Lipinski definition) is 3. The van der Waals surface area contributed by atoms with Gasteiger partial charge in [0.25, 0.3) is 0 Å². The van der Waals surface area contributed by atoms with Gasteiger partial charge in [-0.3, -0.25) is 4.79 Å². The van der Waals surface area contributed by atoms with Crippen molar-refractivity contribution in [2.45, 2.75) is 17.7 Å². The molecule has 0 aliphatic carbocycles. The molecule has 7 heteroatoms. The third-order valence-corrected chi connectivity index (χ3v) is 8.36. The first-order chi connectivity index (χ1) is 15.0. The average molecular weight is 499 g/mol. The molecule has 1 heterocycles. The molecule has 0 spiro atoms. The molecule has 0 bridgehead atoms. The van der Waals surface area contributed by atoms with E-state index in [0.717, 1.165) is 16.8 Å². The number of carbonyl (C=O) groups is 1. The number of hydrogen-bond donors (Lipinski definition) is 1. The second-order valence-corrected chi connectivity index (χ2v) is 10.3. The number of rotatable bonds is 5. The van der Waals surface area contributed by atoms with E-state index in [4.69, 9.17) is 0 Å². The van der Waals surface area contributed by atoms with Crippen molar-refractivity contribution in [3.8, 4) is 11.1 Å². The van der Waals surface area contributed by atoms with Crippen LogP contribution in [0.2, 0.25) is 0 Å². The highest BCUT2D eigenvalue weighted by Gasteiger charge is 2.34. The number of sulfonamides is 1. The van der Waals surface area contributed by atoms with Crippen molar-refractivity contribution in [2.24, 2.45) is 5.92 Å². The molecular weight excluding hydrogens is 476 g/mol. The van der Waals surface area contributed by atoms with Gasteiger partial charge in [-0.25, -0.2) is 8.42 Å². The summed E-state index contributed by atoms with van der Waals surface area (Å²) >= 11 is 3.33. The molecule has 1 aliphatic heterocycles. The maximum Gasteiger partial charge on any atom is 0.244 e. The molecule has 0 aromatic heterocycles. The van der Waals surface area contributed by atoms with E-state index in [0.29, 0.717) is 23.9 Å². The van der Waals surface area contributed by atoms with Gasteiger partial charge < -0.3 is 5.32 Å². The monoisotopic (exact) mass is 498 g/mol. The molecule has 3 aromatic rings. The van der Waals surface area contributed by atoms with Gasteiger partial charge >= 0.3 is 0 Å². The van der Waals surface area contributed by atoms with Crippen LogP contribution >= 0.6 is 15.9 Å². The molecule has 5 nitrogen and oxygen atoms in total. The molecule has 1 aliphatic rings. The fourth-order valence-electron chi connectivity index (χ4n) is 3.86. The molecule has 0 radical (unpaired) electrons. The summed E-state index contributed by atoms with van der Waals surface area (Å²) in [5.41, 5.74) is 2.68. The number of anilines is 1. The van der Waals surface area contributed by atoms with Crippen LogP contribution in [-0.4, -0.2) is 31.7 Å². The fraction of sp³-hybridized carbons (Fsp3) is 0.208.